The lowest BCUT2D eigenvalue weighted by atomic mass is 10.0. The van der Waals surface area contributed by atoms with Gasteiger partial charge in [-0.05, 0) is 18.4 Å². The molecule has 0 saturated carbocycles. The van der Waals surface area contributed by atoms with Crippen molar-refractivity contribution in [3.05, 3.63) is 47.4 Å². The fourth-order valence-electron chi connectivity index (χ4n) is 2.65. The van der Waals surface area contributed by atoms with Gasteiger partial charge in [-0.2, -0.15) is 0 Å². The SMILES string of the molecule is CC1C=CCC(N)c2nc(c(Cl)[nH]2)-c2ccccc2NC(=O)C1. The number of anilines is 1. The third kappa shape index (κ3) is 3.46. The number of halogens is 1. The Labute approximate surface area is 139 Å². The summed E-state index contributed by atoms with van der Waals surface area (Å²) in [6.07, 6.45) is 5.05. The number of benzene rings is 1. The number of nitrogens with one attached hydrogen (secondary N) is 2. The van der Waals surface area contributed by atoms with E-state index in [2.05, 4.69) is 15.3 Å². The zero-order valence-corrected chi connectivity index (χ0v) is 13.6. The minimum absolute atomic E-state index is 0.0370. The number of aromatic amines is 1. The summed E-state index contributed by atoms with van der Waals surface area (Å²) in [5.41, 5.74) is 8.25. The Bertz CT molecular complexity index is 753. The molecule has 2 unspecified atom stereocenters. The van der Waals surface area contributed by atoms with Gasteiger partial charge < -0.3 is 16.0 Å². The predicted molar refractivity (Wildman–Crippen MR) is 92.1 cm³/mol. The predicted octanol–water partition coefficient (Wildman–Crippen LogP) is 3.65. The van der Waals surface area contributed by atoms with E-state index in [0.717, 1.165) is 5.56 Å². The van der Waals surface area contributed by atoms with Crippen molar-refractivity contribution >= 4 is 23.2 Å². The van der Waals surface area contributed by atoms with Crippen LogP contribution >= 0.6 is 11.6 Å². The Morgan fingerprint density at radius 2 is 2.13 bits per heavy atom. The molecule has 0 spiro atoms. The van der Waals surface area contributed by atoms with Gasteiger partial charge in [0, 0.05) is 12.0 Å². The molecule has 1 aromatic heterocycles. The number of nitrogens with zero attached hydrogens (tertiary/aromatic N) is 1. The molecule has 2 bridgehead atoms. The zero-order chi connectivity index (χ0) is 16.4. The van der Waals surface area contributed by atoms with Crippen LogP contribution in [-0.2, 0) is 4.79 Å². The number of rotatable bonds is 0. The molecular weight excluding hydrogens is 312 g/mol. The van der Waals surface area contributed by atoms with E-state index in [1.807, 2.05) is 43.3 Å². The summed E-state index contributed by atoms with van der Waals surface area (Å²) < 4.78 is 0. The van der Waals surface area contributed by atoms with Crippen molar-refractivity contribution in [1.82, 2.24) is 9.97 Å². The Morgan fingerprint density at radius 1 is 1.35 bits per heavy atom. The van der Waals surface area contributed by atoms with Gasteiger partial charge in [0.15, 0.2) is 0 Å². The average molecular weight is 331 g/mol. The van der Waals surface area contributed by atoms with Crippen LogP contribution in [0.25, 0.3) is 11.3 Å². The highest BCUT2D eigenvalue weighted by Gasteiger charge is 2.19. The Hall–Kier alpha value is -2.11. The van der Waals surface area contributed by atoms with Crippen LogP contribution < -0.4 is 11.1 Å². The molecule has 120 valence electrons. The van der Waals surface area contributed by atoms with Gasteiger partial charge in [0.05, 0.1) is 11.7 Å². The van der Waals surface area contributed by atoms with Crippen molar-refractivity contribution < 1.29 is 4.79 Å². The highest BCUT2D eigenvalue weighted by Crippen LogP contribution is 2.33. The molecular formula is C17H19ClN4O. The summed E-state index contributed by atoms with van der Waals surface area (Å²) in [6.45, 7) is 2.01. The molecule has 6 heteroatoms. The summed E-state index contributed by atoms with van der Waals surface area (Å²) in [6, 6.07) is 7.22. The zero-order valence-electron chi connectivity index (χ0n) is 12.8. The number of imidazole rings is 1. The van der Waals surface area contributed by atoms with Crippen LogP contribution in [-0.4, -0.2) is 15.9 Å². The Kier molecular flexibility index (Phi) is 4.50. The fraction of sp³-hybridized carbons (Fsp3) is 0.294. The van der Waals surface area contributed by atoms with E-state index in [9.17, 15) is 4.79 Å². The number of hydrogen-bond donors (Lipinski definition) is 3. The number of para-hydroxylation sites is 1. The van der Waals surface area contributed by atoms with Gasteiger partial charge in [0.2, 0.25) is 5.91 Å². The number of H-pyrrole nitrogens is 1. The van der Waals surface area contributed by atoms with Crippen LogP contribution in [0.4, 0.5) is 5.69 Å². The first kappa shape index (κ1) is 15.8. The number of fused-ring (bicyclic) bond motifs is 4. The molecule has 1 amide bonds. The van der Waals surface area contributed by atoms with Crippen LogP contribution in [0.15, 0.2) is 36.4 Å². The van der Waals surface area contributed by atoms with Gasteiger partial charge in [-0.1, -0.05) is 48.9 Å². The number of carbonyl (C=O) groups excluding carboxylic acids is 1. The van der Waals surface area contributed by atoms with Gasteiger partial charge in [0.25, 0.3) is 0 Å². The Balaban J connectivity index is 2.09. The molecule has 3 rings (SSSR count). The standard InChI is InChI=1S/C17H19ClN4O/c1-10-5-4-7-12(19)17-21-15(16(18)22-17)11-6-2-3-8-13(11)20-14(23)9-10/h2-6,8,10,12H,7,9,19H2,1H3,(H,20,23)(H,21,22). The number of amides is 1. The molecule has 23 heavy (non-hydrogen) atoms. The van der Waals surface area contributed by atoms with Crippen LogP contribution in [0.3, 0.4) is 0 Å². The first-order valence-electron chi connectivity index (χ1n) is 7.61. The van der Waals surface area contributed by atoms with E-state index < -0.39 is 0 Å². The molecule has 5 nitrogen and oxygen atoms in total. The summed E-state index contributed by atoms with van der Waals surface area (Å²) in [4.78, 5) is 19.8. The highest BCUT2D eigenvalue weighted by molar-refractivity contribution is 6.32. The topological polar surface area (TPSA) is 83.8 Å². The minimum Gasteiger partial charge on any atom is -0.331 e. The van der Waals surface area contributed by atoms with E-state index in [0.29, 0.717) is 35.2 Å². The second-order valence-electron chi connectivity index (χ2n) is 5.83. The third-order valence-corrected chi connectivity index (χ3v) is 4.12. The summed E-state index contributed by atoms with van der Waals surface area (Å²) in [5.74, 6) is 0.748. The van der Waals surface area contributed by atoms with Crippen molar-refractivity contribution in [3.63, 3.8) is 0 Å². The summed E-state index contributed by atoms with van der Waals surface area (Å²) >= 11 is 6.30. The van der Waals surface area contributed by atoms with Crippen molar-refractivity contribution in [1.29, 1.82) is 0 Å². The number of nitrogens with two attached hydrogens (primary N) is 1. The van der Waals surface area contributed by atoms with Gasteiger partial charge in [0.1, 0.15) is 16.7 Å². The molecule has 0 radical (unpaired) electrons. The lowest BCUT2D eigenvalue weighted by Crippen LogP contribution is -2.15. The molecule has 2 heterocycles. The lowest BCUT2D eigenvalue weighted by molar-refractivity contribution is -0.116. The fourth-order valence-corrected chi connectivity index (χ4v) is 2.89. The molecule has 0 fully saturated rings. The molecule has 1 aliphatic rings. The minimum atomic E-state index is -0.263. The number of hydrogen-bond acceptors (Lipinski definition) is 3. The maximum Gasteiger partial charge on any atom is 0.224 e. The number of aromatic nitrogens is 2. The lowest BCUT2D eigenvalue weighted by Gasteiger charge is -2.11. The molecule has 1 aliphatic heterocycles. The van der Waals surface area contributed by atoms with Crippen molar-refractivity contribution in [3.8, 4) is 11.3 Å². The maximum atomic E-state index is 12.2. The normalized spacial score (nSPS) is 21.6. The van der Waals surface area contributed by atoms with Crippen LogP contribution in [0.1, 0.15) is 31.6 Å². The van der Waals surface area contributed by atoms with Crippen molar-refractivity contribution in [2.75, 3.05) is 5.32 Å². The average Bonchev–Trinajstić information content (AvgIpc) is 2.89. The quantitative estimate of drug-likeness (QED) is 0.644. The summed E-state index contributed by atoms with van der Waals surface area (Å²) in [5, 5.41) is 3.37. The molecule has 0 aliphatic carbocycles. The first-order chi connectivity index (χ1) is 11.0. The van der Waals surface area contributed by atoms with Crippen LogP contribution in [0.2, 0.25) is 5.15 Å². The van der Waals surface area contributed by atoms with E-state index in [4.69, 9.17) is 17.3 Å². The number of carbonyl (C=O) groups is 1. The summed E-state index contributed by atoms with van der Waals surface area (Å²) in [7, 11) is 0. The van der Waals surface area contributed by atoms with Gasteiger partial charge >= 0.3 is 0 Å². The smallest absolute Gasteiger partial charge is 0.224 e. The van der Waals surface area contributed by atoms with Gasteiger partial charge in [-0.3, -0.25) is 4.79 Å². The van der Waals surface area contributed by atoms with E-state index >= 15 is 0 Å². The molecule has 1 aromatic carbocycles. The molecule has 2 atom stereocenters. The van der Waals surface area contributed by atoms with Crippen molar-refractivity contribution in [2.24, 2.45) is 11.7 Å². The maximum absolute atomic E-state index is 12.2. The second kappa shape index (κ2) is 6.56. The molecule has 0 saturated heterocycles. The van der Waals surface area contributed by atoms with Crippen molar-refractivity contribution in [2.45, 2.75) is 25.8 Å². The molecule has 2 aromatic rings. The van der Waals surface area contributed by atoms with Crippen LogP contribution in [0, 0.1) is 5.92 Å². The third-order valence-electron chi connectivity index (χ3n) is 3.85. The second-order valence-corrected chi connectivity index (χ2v) is 6.21. The largest absolute Gasteiger partial charge is 0.331 e. The first-order valence-corrected chi connectivity index (χ1v) is 7.99. The molecule has 4 N–H and O–H groups in total. The van der Waals surface area contributed by atoms with Gasteiger partial charge in [-0.15, -0.1) is 0 Å². The monoisotopic (exact) mass is 330 g/mol. The number of allylic oxidation sites excluding steroid dienone is 1. The van der Waals surface area contributed by atoms with E-state index in [1.54, 1.807) is 0 Å². The van der Waals surface area contributed by atoms with E-state index in [-0.39, 0.29) is 17.9 Å². The Morgan fingerprint density at radius 3 is 2.96 bits per heavy atom. The van der Waals surface area contributed by atoms with Gasteiger partial charge in [-0.25, -0.2) is 4.98 Å². The van der Waals surface area contributed by atoms with E-state index in [1.165, 1.54) is 0 Å². The van der Waals surface area contributed by atoms with Crippen LogP contribution in [0.5, 0.6) is 0 Å². The highest BCUT2D eigenvalue weighted by atomic mass is 35.5.